The smallest absolute Gasteiger partial charge is 0.335 e. The van der Waals surface area contributed by atoms with E-state index in [0.717, 1.165) is 33.9 Å². The van der Waals surface area contributed by atoms with Crippen molar-refractivity contribution >= 4 is 11.5 Å². The molecule has 1 aromatic heterocycles. The van der Waals surface area contributed by atoms with Crippen molar-refractivity contribution in [2.75, 3.05) is 26.8 Å². The average Bonchev–Trinajstić information content (AvgIpc) is 3.41. The number of aromatic nitrogens is 1. The first-order chi connectivity index (χ1) is 14.7. The first-order valence-electron chi connectivity index (χ1n) is 9.91. The number of aryl methyl sites for hydroxylation is 1. The number of ether oxygens (including phenoxy) is 2. The van der Waals surface area contributed by atoms with Crippen molar-refractivity contribution < 1.29 is 18.7 Å². The van der Waals surface area contributed by atoms with Gasteiger partial charge in [0.05, 0.1) is 25.0 Å². The first-order valence-corrected chi connectivity index (χ1v) is 9.91. The SMILES string of the molecule is COC(=O)C1=C(c2cccc(OCCc3nc(-c4ccccc4)oc3C)c2)CNC1. The van der Waals surface area contributed by atoms with E-state index in [1.165, 1.54) is 7.11 Å². The molecule has 0 aliphatic carbocycles. The average molecular weight is 404 g/mol. The molecule has 0 radical (unpaired) electrons. The van der Waals surface area contributed by atoms with Crippen LogP contribution < -0.4 is 10.1 Å². The van der Waals surface area contributed by atoms with Crippen LogP contribution in [-0.4, -0.2) is 37.8 Å². The van der Waals surface area contributed by atoms with E-state index in [1.807, 2.05) is 61.5 Å². The Hall–Kier alpha value is -3.38. The molecule has 2 heterocycles. The van der Waals surface area contributed by atoms with E-state index in [9.17, 15) is 4.79 Å². The highest BCUT2D eigenvalue weighted by Crippen LogP contribution is 2.26. The van der Waals surface area contributed by atoms with Crippen molar-refractivity contribution in [2.24, 2.45) is 0 Å². The van der Waals surface area contributed by atoms with Gasteiger partial charge in [0.15, 0.2) is 0 Å². The normalized spacial score (nSPS) is 13.5. The van der Waals surface area contributed by atoms with E-state index < -0.39 is 0 Å². The number of nitrogens with one attached hydrogen (secondary N) is 1. The third-order valence-corrected chi connectivity index (χ3v) is 5.10. The van der Waals surface area contributed by atoms with Gasteiger partial charge < -0.3 is 19.2 Å². The molecule has 0 fully saturated rings. The highest BCUT2D eigenvalue weighted by atomic mass is 16.5. The van der Waals surface area contributed by atoms with Gasteiger partial charge in [0.2, 0.25) is 5.89 Å². The van der Waals surface area contributed by atoms with Gasteiger partial charge in [-0.05, 0) is 42.3 Å². The molecule has 0 spiro atoms. The molecular weight excluding hydrogens is 380 g/mol. The monoisotopic (exact) mass is 404 g/mol. The minimum absolute atomic E-state index is 0.294. The summed E-state index contributed by atoms with van der Waals surface area (Å²) in [6.07, 6.45) is 0.643. The Balaban J connectivity index is 1.43. The molecule has 0 bridgehead atoms. The highest BCUT2D eigenvalue weighted by Gasteiger charge is 2.22. The fourth-order valence-corrected chi connectivity index (χ4v) is 3.52. The summed E-state index contributed by atoms with van der Waals surface area (Å²) >= 11 is 0. The lowest BCUT2D eigenvalue weighted by Crippen LogP contribution is -2.13. The highest BCUT2D eigenvalue weighted by molar-refractivity contribution is 5.99. The molecule has 4 rings (SSSR count). The van der Waals surface area contributed by atoms with Crippen LogP contribution in [0.5, 0.6) is 5.75 Å². The number of carbonyl (C=O) groups is 1. The third kappa shape index (κ3) is 4.28. The van der Waals surface area contributed by atoms with Crippen LogP contribution in [0.15, 0.2) is 64.6 Å². The molecule has 0 unspecified atom stereocenters. The lowest BCUT2D eigenvalue weighted by molar-refractivity contribution is -0.136. The van der Waals surface area contributed by atoms with Gasteiger partial charge in [-0.15, -0.1) is 0 Å². The minimum atomic E-state index is -0.294. The second kappa shape index (κ2) is 8.97. The van der Waals surface area contributed by atoms with Gasteiger partial charge in [-0.3, -0.25) is 0 Å². The molecule has 0 saturated heterocycles. The molecule has 0 amide bonds. The van der Waals surface area contributed by atoms with Crippen LogP contribution in [0.1, 0.15) is 17.0 Å². The quantitative estimate of drug-likeness (QED) is 0.604. The Kier molecular flexibility index (Phi) is 5.95. The molecular formula is C24H24N2O4. The standard InChI is InChI=1S/C24H24N2O4/c1-16-22(26-23(30-16)17-7-4-3-5-8-17)11-12-29-19-10-6-9-18(13-19)20-14-25-15-21(20)24(27)28-2/h3-10,13,25H,11-12,14-15H2,1-2H3. The largest absolute Gasteiger partial charge is 0.493 e. The second-order valence-electron chi connectivity index (χ2n) is 7.07. The maximum atomic E-state index is 12.0. The summed E-state index contributed by atoms with van der Waals surface area (Å²) in [4.78, 5) is 16.6. The van der Waals surface area contributed by atoms with Crippen molar-refractivity contribution in [2.45, 2.75) is 13.3 Å². The number of hydrogen-bond acceptors (Lipinski definition) is 6. The summed E-state index contributed by atoms with van der Waals surface area (Å²) in [7, 11) is 1.40. The number of esters is 1. The van der Waals surface area contributed by atoms with E-state index in [2.05, 4.69) is 10.3 Å². The molecule has 1 N–H and O–H groups in total. The van der Waals surface area contributed by atoms with Crippen LogP contribution in [0.3, 0.4) is 0 Å². The number of rotatable bonds is 7. The van der Waals surface area contributed by atoms with Crippen LogP contribution in [0.25, 0.3) is 17.0 Å². The van der Waals surface area contributed by atoms with Gasteiger partial charge in [0.25, 0.3) is 0 Å². The van der Waals surface area contributed by atoms with E-state index in [0.29, 0.717) is 37.6 Å². The maximum Gasteiger partial charge on any atom is 0.335 e. The van der Waals surface area contributed by atoms with E-state index >= 15 is 0 Å². The van der Waals surface area contributed by atoms with Gasteiger partial charge in [0.1, 0.15) is 11.5 Å². The van der Waals surface area contributed by atoms with Crippen LogP contribution in [0, 0.1) is 6.92 Å². The zero-order valence-corrected chi connectivity index (χ0v) is 17.1. The van der Waals surface area contributed by atoms with Crippen LogP contribution in [-0.2, 0) is 16.0 Å². The van der Waals surface area contributed by atoms with Gasteiger partial charge >= 0.3 is 5.97 Å². The summed E-state index contributed by atoms with van der Waals surface area (Å²) < 4.78 is 16.7. The molecule has 30 heavy (non-hydrogen) atoms. The lowest BCUT2D eigenvalue weighted by atomic mass is 10.0. The molecule has 1 aliphatic heterocycles. The summed E-state index contributed by atoms with van der Waals surface area (Å²) in [5.74, 6) is 1.88. The molecule has 6 nitrogen and oxygen atoms in total. The number of benzene rings is 2. The summed E-state index contributed by atoms with van der Waals surface area (Å²) in [6.45, 7) is 3.55. The van der Waals surface area contributed by atoms with Crippen LogP contribution in [0.2, 0.25) is 0 Å². The van der Waals surface area contributed by atoms with Gasteiger partial charge in [-0.1, -0.05) is 30.3 Å². The van der Waals surface area contributed by atoms with Crippen molar-refractivity contribution in [3.05, 3.63) is 77.2 Å². The maximum absolute atomic E-state index is 12.0. The second-order valence-corrected chi connectivity index (χ2v) is 7.07. The molecule has 154 valence electrons. The molecule has 3 aromatic rings. The zero-order chi connectivity index (χ0) is 20.9. The fourth-order valence-electron chi connectivity index (χ4n) is 3.52. The fraction of sp³-hybridized carbons (Fsp3) is 0.250. The summed E-state index contributed by atoms with van der Waals surface area (Å²) in [5, 5.41) is 3.21. The molecule has 1 aliphatic rings. The Bertz CT molecular complexity index is 1070. The van der Waals surface area contributed by atoms with Gasteiger partial charge in [0, 0.05) is 25.1 Å². The minimum Gasteiger partial charge on any atom is -0.493 e. The van der Waals surface area contributed by atoms with Crippen LogP contribution in [0.4, 0.5) is 0 Å². The molecule has 2 aromatic carbocycles. The molecule has 0 saturated carbocycles. The predicted octanol–water partition coefficient (Wildman–Crippen LogP) is 3.80. The predicted molar refractivity (Wildman–Crippen MR) is 114 cm³/mol. The molecule has 0 atom stereocenters. The lowest BCUT2D eigenvalue weighted by Gasteiger charge is -2.09. The Morgan fingerprint density at radius 2 is 1.90 bits per heavy atom. The van der Waals surface area contributed by atoms with Crippen molar-refractivity contribution in [3.63, 3.8) is 0 Å². The van der Waals surface area contributed by atoms with Gasteiger partial charge in [-0.25, -0.2) is 9.78 Å². The Morgan fingerprint density at radius 1 is 1.10 bits per heavy atom. The summed E-state index contributed by atoms with van der Waals surface area (Å²) in [5.41, 5.74) is 4.43. The number of oxazole rings is 1. The first kappa shape index (κ1) is 19.9. The Labute approximate surface area is 175 Å². The topological polar surface area (TPSA) is 73.6 Å². The number of nitrogens with zero attached hydrogens (tertiary/aromatic N) is 1. The third-order valence-electron chi connectivity index (χ3n) is 5.10. The van der Waals surface area contributed by atoms with E-state index in [4.69, 9.17) is 13.9 Å². The van der Waals surface area contributed by atoms with Crippen molar-refractivity contribution in [1.82, 2.24) is 10.3 Å². The van der Waals surface area contributed by atoms with Crippen LogP contribution >= 0.6 is 0 Å². The number of methoxy groups -OCH3 is 1. The molecule has 6 heteroatoms. The van der Waals surface area contributed by atoms with E-state index in [-0.39, 0.29) is 5.97 Å². The zero-order valence-electron chi connectivity index (χ0n) is 17.1. The van der Waals surface area contributed by atoms with Crippen molar-refractivity contribution in [1.29, 1.82) is 0 Å². The van der Waals surface area contributed by atoms with Gasteiger partial charge in [-0.2, -0.15) is 0 Å². The van der Waals surface area contributed by atoms with E-state index in [1.54, 1.807) is 0 Å². The van der Waals surface area contributed by atoms with Crippen molar-refractivity contribution in [3.8, 4) is 17.2 Å². The number of carbonyl (C=O) groups excluding carboxylic acids is 1. The number of hydrogen-bond donors (Lipinski definition) is 1. The Morgan fingerprint density at radius 3 is 2.70 bits per heavy atom. The summed E-state index contributed by atoms with van der Waals surface area (Å²) in [6, 6.07) is 17.6.